The van der Waals surface area contributed by atoms with Crippen LogP contribution < -0.4 is 0 Å². The minimum Gasteiger partial charge on any atom is -0.392 e. The van der Waals surface area contributed by atoms with Gasteiger partial charge < -0.3 is 5.11 Å². The van der Waals surface area contributed by atoms with E-state index in [1.807, 2.05) is 6.92 Å². The first kappa shape index (κ1) is 9.67. The lowest BCUT2D eigenvalue weighted by molar-refractivity contribution is -0.385. The molecule has 1 N–H and O–H groups in total. The maximum absolute atomic E-state index is 10.4. The lowest BCUT2D eigenvalue weighted by Crippen LogP contribution is -1.95. The zero-order valence-corrected chi connectivity index (χ0v) is 7.36. The van der Waals surface area contributed by atoms with Crippen LogP contribution in [0, 0.1) is 10.1 Å². The molecule has 0 aliphatic heterocycles. The molecule has 70 valence electrons. The summed E-state index contributed by atoms with van der Waals surface area (Å²) in [7, 11) is 0. The maximum atomic E-state index is 10.4. The van der Waals surface area contributed by atoms with Gasteiger partial charge in [-0.25, -0.2) is 0 Å². The molecule has 0 aliphatic carbocycles. The summed E-state index contributed by atoms with van der Waals surface area (Å²) in [5, 5.41) is 19.3. The number of nitro benzene ring substituents is 1. The number of aliphatic hydroxyl groups excluding tert-OH is 1. The van der Waals surface area contributed by atoms with Crippen molar-refractivity contribution >= 4 is 5.69 Å². The Morgan fingerprint density at radius 3 is 2.62 bits per heavy atom. The topological polar surface area (TPSA) is 63.4 Å². The number of aliphatic hydroxyl groups is 1. The van der Waals surface area contributed by atoms with E-state index in [9.17, 15) is 10.1 Å². The molecule has 0 bridgehead atoms. The number of aryl methyl sites for hydroxylation is 1. The lowest BCUT2D eigenvalue weighted by Gasteiger charge is -2.03. The molecule has 0 atom stereocenters. The zero-order valence-electron chi connectivity index (χ0n) is 7.36. The first-order valence-electron chi connectivity index (χ1n) is 4.06. The van der Waals surface area contributed by atoms with Gasteiger partial charge in [0.2, 0.25) is 0 Å². The van der Waals surface area contributed by atoms with Crippen molar-refractivity contribution in [1.29, 1.82) is 0 Å². The fourth-order valence-corrected chi connectivity index (χ4v) is 1.22. The van der Waals surface area contributed by atoms with Crippen LogP contribution in [0.4, 0.5) is 5.69 Å². The quantitative estimate of drug-likeness (QED) is 0.569. The van der Waals surface area contributed by atoms with Crippen molar-refractivity contribution in [3.63, 3.8) is 0 Å². The van der Waals surface area contributed by atoms with Crippen LogP contribution in [0.1, 0.15) is 18.1 Å². The largest absolute Gasteiger partial charge is 0.392 e. The van der Waals surface area contributed by atoms with Crippen molar-refractivity contribution in [1.82, 2.24) is 0 Å². The van der Waals surface area contributed by atoms with Gasteiger partial charge in [-0.3, -0.25) is 10.1 Å². The van der Waals surface area contributed by atoms with Gasteiger partial charge in [0, 0.05) is 12.1 Å². The van der Waals surface area contributed by atoms with E-state index in [4.69, 9.17) is 5.11 Å². The van der Waals surface area contributed by atoms with E-state index in [1.54, 1.807) is 6.07 Å². The number of nitro groups is 1. The summed E-state index contributed by atoms with van der Waals surface area (Å²) in [6, 6.07) is 4.56. The predicted octanol–water partition coefficient (Wildman–Crippen LogP) is 1.65. The normalized spacial score (nSPS) is 10.0. The van der Waals surface area contributed by atoms with Crippen LogP contribution in [0.3, 0.4) is 0 Å². The van der Waals surface area contributed by atoms with Crippen LogP contribution in [-0.2, 0) is 13.0 Å². The van der Waals surface area contributed by atoms with Crippen LogP contribution in [0.5, 0.6) is 0 Å². The fraction of sp³-hybridized carbons (Fsp3) is 0.333. The van der Waals surface area contributed by atoms with E-state index in [2.05, 4.69) is 0 Å². The van der Waals surface area contributed by atoms with Gasteiger partial charge in [-0.15, -0.1) is 0 Å². The van der Waals surface area contributed by atoms with Gasteiger partial charge in [0.05, 0.1) is 11.5 Å². The van der Waals surface area contributed by atoms with E-state index in [0.717, 1.165) is 12.0 Å². The highest BCUT2D eigenvalue weighted by molar-refractivity contribution is 5.39. The van der Waals surface area contributed by atoms with Crippen LogP contribution in [0.25, 0.3) is 0 Å². The van der Waals surface area contributed by atoms with Crippen LogP contribution in [0.15, 0.2) is 18.2 Å². The second-order valence-corrected chi connectivity index (χ2v) is 2.72. The van der Waals surface area contributed by atoms with Crippen molar-refractivity contribution in [3.05, 3.63) is 39.4 Å². The van der Waals surface area contributed by atoms with E-state index in [-0.39, 0.29) is 12.3 Å². The highest BCUT2D eigenvalue weighted by Crippen LogP contribution is 2.18. The Morgan fingerprint density at radius 1 is 1.46 bits per heavy atom. The molecule has 0 amide bonds. The molecule has 0 saturated carbocycles. The Balaban J connectivity index is 3.13. The second kappa shape index (κ2) is 4.00. The molecule has 0 unspecified atom stereocenters. The van der Waals surface area contributed by atoms with Crippen molar-refractivity contribution in [2.75, 3.05) is 0 Å². The van der Waals surface area contributed by atoms with Gasteiger partial charge in [0.1, 0.15) is 0 Å². The smallest absolute Gasteiger partial charge is 0.269 e. The van der Waals surface area contributed by atoms with Gasteiger partial charge in [0.25, 0.3) is 5.69 Å². The highest BCUT2D eigenvalue weighted by Gasteiger charge is 2.08. The molecule has 0 aromatic heterocycles. The Kier molecular flexibility index (Phi) is 2.97. The number of hydrogen-bond donors (Lipinski definition) is 1. The van der Waals surface area contributed by atoms with E-state index >= 15 is 0 Å². The molecule has 1 aromatic carbocycles. The molecular formula is C9H11NO3. The molecular weight excluding hydrogens is 170 g/mol. The van der Waals surface area contributed by atoms with Crippen molar-refractivity contribution in [2.24, 2.45) is 0 Å². The first-order chi connectivity index (χ1) is 6.19. The summed E-state index contributed by atoms with van der Waals surface area (Å²) in [4.78, 5) is 9.93. The van der Waals surface area contributed by atoms with E-state index in [0.29, 0.717) is 5.56 Å². The van der Waals surface area contributed by atoms with E-state index < -0.39 is 4.92 Å². The molecule has 0 radical (unpaired) electrons. The summed E-state index contributed by atoms with van der Waals surface area (Å²) in [6.45, 7) is 1.80. The highest BCUT2D eigenvalue weighted by atomic mass is 16.6. The maximum Gasteiger partial charge on any atom is 0.269 e. The summed E-state index contributed by atoms with van der Waals surface area (Å²) in [5.41, 5.74) is 1.62. The van der Waals surface area contributed by atoms with Crippen molar-refractivity contribution in [3.8, 4) is 0 Å². The van der Waals surface area contributed by atoms with Gasteiger partial charge in [-0.05, 0) is 17.5 Å². The number of rotatable bonds is 3. The molecule has 13 heavy (non-hydrogen) atoms. The molecule has 4 heteroatoms. The molecule has 0 heterocycles. The van der Waals surface area contributed by atoms with Crippen LogP contribution >= 0.6 is 0 Å². The lowest BCUT2D eigenvalue weighted by atomic mass is 10.1. The fourth-order valence-electron chi connectivity index (χ4n) is 1.22. The minimum absolute atomic E-state index is 0.0289. The Morgan fingerprint density at radius 2 is 2.15 bits per heavy atom. The predicted molar refractivity (Wildman–Crippen MR) is 48.4 cm³/mol. The SMILES string of the molecule is CCc1ccc([N+](=O)[O-])cc1CO. The molecule has 0 aliphatic rings. The van der Waals surface area contributed by atoms with Gasteiger partial charge in [-0.1, -0.05) is 13.0 Å². The minimum atomic E-state index is -0.460. The third-order valence-electron chi connectivity index (χ3n) is 1.95. The Bertz CT molecular complexity index is 323. The number of non-ortho nitro benzene ring substituents is 1. The average molecular weight is 181 g/mol. The molecule has 0 saturated heterocycles. The number of nitrogens with zero attached hydrogens (tertiary/aromatic N) is 1. The second-order valence-electron chi connectivity index (χ2n) is 2.72. The van der Waals surface area contributed by atoms with E-state index in [1.165, 1.54) is 12.1 Å². The molecule has 4 nitrogen and oxygen atoms in total. The summed E-state index contributed by atoms with van der Waals surface area (Å²) in [5.74, 6) is 0. The van der Waals surface area contributed by atoms with Gasteiger partial charge in [-0.2, -0.15) is 0 Å². The van der Waals surface area contributed by atoms with Crippen LogP contribution in [0.2, 0.25) is 0 Å². The Labute approximate surface area is 76.0 Å². The third kappa shape index (κ3) is 2.03. The average Bonchev–Trinajstić information content (AvgIpc) is 2.16. The standard InChI is InChI=1S/C9H11NO3/c1-2-7-3-4-9(10(12)13)5-8(7)6-11/h3-5,11H,2,6H2,1H3. The zero-order chi connectivity index (χ0) is 9.84. The van der Waals surface area contributed by atoms with Crippen molar-refractivity contribution in [2.45, 2.75) is 20.0 Å². The van der Waals surface area contributed by atoms with Crippen molar-refractivity contribution < 1.29 is 10.0 Å². The number of benzene rings is 1. The molecule has 0 spiro atoms. The summed E-state index contributed by atoms with van der Waals surface area (Å²) in [6.07, 6.45) is 0.772. The van der Waals surface area contributed by atoms with Gasteiger partial charge in [0.15, 0.2) is 0 Å². The monoisotopic (exact) mass is 181 g/mol. The molecule has 1 aromatic rings. The molecule has 1 rings (SSSR count). The third-order valence-corrected chi connectivity index (χ3v) is 1.95. The summed E-state index contributed by atoms with van der Waals surface area (Å²) < 4.78 is 0. The van der Waals surface area contributed by atoms with Crippen LogP contribution in [-0.4, -0.2) is 10.0 Å². The number of hydrogen-bond acceptors (Lipinski definition) is 3. The summed E-state index contributed by atoms with van der Waals surface area (Å²) >= 11 is 0. The first-order valence-corrected chi connectivity index (χ1v) is 4.06. The Hall–Kier alpha value is -1.42. The molecule has 0 fully saturated rings. The van der Waals surface area contributed by atoms with Gasteiger partial charge >= 0.3 is 0 Å².